The van der Waals surface area contributed by atoms with Crippen molar-refractivity contribution in [1.82, 2.24) is 15.1 Å². The molecule has 2 heterocycles. The third-order valence-corrected chi connectivity index (χ3v) is 5.10. The van der Waals surface area contributed by atoms with Crippen LogP contribution in [0.15, 0.2) is 12.4 Å². The van der Waals surface area contributed by atoms with Crippen molar-refractivity contribution in [3.05, 3.63) is 12.4 Å². The highest BCUT2D eigenvalue weighted by Gasteiger charge is 2.31. The van der Waals surface area contributed by atoms with Crippen molar-refractivity contribution in [3.63, 3.8) is 0 Å². The van der Waals surface area contributed by atoms with Crippen molar-refractivity contribution >= 4 is 5.69 Å². The minimum Gasteiger partial charge on any atom is -0.363 e. The highest BCUT2D eigenvalue weighted by Crippen LogP contribution is 2.29. The lowest BCUT2D eigenvalue weighted by molar-refractivity contribution is 0.245. The molecule has 1 saturated heterocycles. The second-order valence-corrected chi connectivity index (χ2v) is 6.47. The van der Waals surface area contributed by atoms with E-state index in [1.165, 1.54) is 37.8 Å². The van der Waals surface area contributed by atoms with Crippen molar-refractivity contribution < 1.29 is 0 Å². The maximum absolute atomic E-state index is 4.44. The first-order chi connectivity index (χ1) is 9.78. The van der Waals surface area contributed by atoms with Gasteiger partial charge in [0, 0.05) is 37.9 Å². The van der Waals surface area contributed by atoms with Gasteiger partial charge in [0.15, 0.2) is 0 Å². The van der Waals surface area contributed by atoms with E-state index in [0.717, 1.165) is 25.6 Å². The average Bonchev–Trinajstić information content (AvgIpc) is 2.97. The third-order valence-electron chi connectivity index (χ3n) is 5.10. The Balaban J connectivity index is 1.69. The number of hydrogen-bond acceptors (Lipinski definition) is 3. The average molecular weight is 276 g/mol. The number of nitrogens with zero attached hydrogens (tertiary/aromatic N) is 3. The predicted molar refractivity (Wildman–Crippen MR) is 83.1 cm³/mol. The van der Waals surface area contributed by atoms with Crippen molar-refractivity contribution in [2.45, 2.75) is 64.6 Å². The highest BCUT2D eigenvalue weighted by atomic mass is 15.3. The van der Waals surface area contributed by atoms with Gasteiger partial charge in [-0.05, 0) is 32.6 Å². The summed E-state index contributed by atoms with van der Waals surface area (Å²) in [5, 5.41) is 8.23. The molecule has 2 unspecified atom stereocenters. The molecule has 1 saturated carbocycles. The summed E-state index contributed by atoms with van der Waals surface area (Å²) in [6.07, 6.45) is 11.3. The van der Waals surface area contributed by atoms with Crippen molar-refractivity contribution in [2.24, 2.45) is 5.92 Å². The first kappa shape index (κ1) is 13.9. The van der Waals surface area contributed by atoms with Gasteiger partial charge in [0.05, 0.1) is 11.9 Å². The van der Waals surface area contributed by atoms with Crippen molar-refractivity contribution in [1.29, 1.82) is 0 Å². The molecule has 20 heavy (non-hydrogen) atoms. The van der Waals surface area contributed by atoms with Crippen LogP contribution in [0.1, 0.15) is 46.0 Å². The minimum atomic E-state index is 0.560. The molecular formula is C16H28N4. The molecule has 2 atom stereocenters. The van der Waals surface area contributed by atoms with Crippen LogP contribution in [0, 0.1) is 5.92 Å². The summed E-state index contributed by atoms with van der Waals surface area (Å²) in [4.78, 5) is 2.55. The van der Waals surface area contributed by atoms with E-state index in [1.54, 1.807) is 0 Å². The number of hydrogen-bond donors (Lipinski definition) is 1. The van der Waals surface area contributed by atoms with Gasteiger partial charge in [0.25, 0.3) is 0 Å². The van der Waals surface area contributed by atoms with Gasteiger partial charge in [0.2, 0.25) is 0 Å². The zero-order chi connectivity index (χ0) is 13.9. The number of anilines is 1. The lowest BCUT2D eigenvalue weighted by Gasteiger charge is -2.43. The van der Waals surface area contributed by atoms with E-state index in [-0.39, 0.29) is 0 Å². The zero-order valence-electron chi connectivity index (χ0n) is 12.9. The maximum atomic E-state index is 4.44. The first-order valence-electron chi connectivity index (χ1n) is 8.30. The summed E-state index contributed by atoms with van der Waals surface area (Å²) >= 11 is 0. The van der Waals surface area contributed by atoms with Crippen LogP contribution >= 0.6 is 0 Å². The molecule has 1 aromatic heterocycles. The molecule has 0 aromatic carbocycles. The molecule has 4 nitrogen and oxygen atoms in total. The Morgan fingerprint density at radius 1 is 1.30 bits per heavy atom. The number of aromatic nitrogens is 2. The second-order valence-electron chi connectivity index (χ2n) is 6.47. The van der Waals surface area contributed by atoms with Crippen LogP contribution in [0.4, 0.5) is 5.69 Å². The van der Waals surface area contributed by atoms with Crippen molar-refractivity contribution in [2.75, 3.05) is 18.0 Å². The molecule has 3 rings (SSSR count). The summed E-state index contributed by atoms with van der Waals surface area (Å²) in [6.45, 7) is 7.64. The Bertz CT molecular complexity index is 422. The van der Waals surface area contributed by atoms with E-state index in [1.807, 2.05) is 10.9 Å². The van der Waals surface area contributed by atoms with Crippen LogP contribution in [0.3, 0.4) is 0 Å². The minimum absolute atomic E-state index is 0.560. The molecule has 1 aliphatic carbocycles. The molecule has 1 aromatic rings. The SMILES string of the molecule is CCn1cc(N2CC(C3CCCCC3)NCC2C)cn1. The number of nitrogens with one attached hydrogen (secondary N) is 1. The Morgan fingerprint density at radius 2 is 2.10 bits per heavy atom. The van der Waals surface area contributed by atoms with Gasteiger partial charge >= 0.3 is 0 Å². The molecular weight excluding hydrogens is 248 g/mol. The molecule has 4 heteroatoms. The van der Waals surface area contributed by atoms with Gasteiger partial charge < -0.3 is 10.2 Å². The highest BCUT2D eigenvalue weighted by molar-refractivity contribution is 5.44. The lowest BCUT2D eigenvalue weighted by atomic mass is 9.82. The summed E-state index contributed by atoms with van der Waals surface area (Å²) in [5.74, 6) is 0.875. The predicted octanol–water partition coefficient (Wildman–Crippen LogP) is 2.65. The fourth-order valence-corrected chi connectivity index (χ4v) is 3.77. The fraction of sp³-hybridized carbons (Fsp3) is 0.812. The second kappa shape index (κ2) is 6.17. The van der Waals surface area contributed by atoms with Gasteiger partial charge in [-0.2, -0.15) is 5.10 Å². The number of rotatable bonds is 3. The quantitative estimate of drug-likeness (QED) is 0.921. The third kappa shape index (κ3) is 2.85. The molecule has 112 valence electrons. The molecule has 0 bridgehead atoms. The van der Waals surface area contributed by atoms with Crippen LogP contribution in [-0.4, -0.2) is 35.0 Å². The van der Waals surface area contributed by atoms with Crippen LogP contribution in [0.25, 0.3) is 0 Å². The topological polar surface area (TPSA) is 33.1 Å². The standard InChI is InChI=1S/C16H28N4/c1-3-19-11-15(10-18-19)20-12-16(17-9-13(20)2)14-7-5-4-6-8-14/h10-11,13-14,16-17H,3-9,12H2,1-2H3. The van der Waals surface area contributed by atoms with E-state index < -0.39 is 0 Å². The first-order valence-corrected chi connectivity index (χ1v) is 8.30. The van der Waals surface area contributed by atoms with Crippen LogP contribution in [0.2, 0.25) is 0 Å². The van der Waals surface area contributed by atoms with Gasteiger partial charge in [0.1, 0.15) is 0 Å². The van der Waals surface area contributed by atoms with Crippen LogP contribution < -0.4 is 10.2 Å². The molecule has 2 aliphatic rings. The van der Waals surface area contributed by atoms with E-state index >= 15 is 0 Å². The molecule has 0 radical (unpaired) electrons. The lowest BCUT2D eigenvalue weighted by Crippen LogP contribution is -2.58. The maximum Gasteiger partial charge on any atom is 0.0755 e. The molecule has 1 N–H and O–H groups in total. The summed E-state index contributed by atoms with van der Waals surface area (Å²) in [5.41, 5.74) is 1.29. The van der Waals surface area contributed by atoms with Gasteiger partial charge in [-0.3, -0.25) is 4.68 Å². The van der Waals surface area contributed by atoms with E-state index in [2.05, 4.69) is 35.4 Å². The fourth-order valence-electron chi connectivity index (χ4n) is 3.77. The Labute approximate surface area is 122 Å². The number of aryl methyl sites for hydroxylation is 1. The molecule has 0 amide bonds. The number of piperazine rings is 1. The van der Waals surface area contributed by atoms with E-state index in [9.17, 15) is 0 Å². The Hall–Kier alpha value is -1.03. The monoisotopic (exact) mass is 276 g/mol. The van der Waals surface area contributed by atoms with Crippen LogP contribution in [-0.2, 0) is 6.54 Å². The summed E-state index contributed by atoms with van der Waals surface area (Å²) in [6, 6.07) is 1.22. The largest absolute Gasteiger partial charge is 0.363 e. The van der Waals surface area contributed by atoms with Gasteiger partial charge in [-0.25, -0.2) is 0 Å². The molecule has 1 aliphatic heterocycles. The van der Waals surface area contributed by atoms with Gasteiger partial charge in [-0.1, -0.05) is 19.3 Å². The van der Waals surface area contributed by atoms with Crippen molar-refractivity contribution in [3.8, 4) is 0 Å². The Morgan fingerprint density at radius 3 is 2.80 bits per heavy atom. The molecule has 0 spiro atoms. The molecule has 2 fully saturated rings. The van der Waals surface area contributed by atoms with Crippen LogP contribution in [0.5, 0.6) is 0 Å². The Kier molecular flexibility index (Phi) is 4.29. The summed E-state index contributed by atoms with van der Waals surface area (Å²) < 4.78 is 2.03. The smallest absolute Gasteiger partial charge is 0.0755 e. The van der Waals surface area contributed by atoms with E-state index in [4.69, 9.17) is 0 Å². The summed E-state index contributed by atoms with van der Waals surface area (Å²) in [7, 11) is 0. The zero-order valence-corrected chi connectivity index (χ0v) is 12.9. The van der Waals surface area contributed by atoms with E-state index in [0.29, 0.717) is 12.1 Å². The normalized spacial score (nSPS) is 28.8. The van der Waals surface area contributed by atoms with Gasteiger partial charge in [-0.15, -0.1) is 0 Å².